The van der Waals surface area contributed by atoms with Crippen LogP contribution >= 0.6 is 35.6 Å². The quantitative estimate of drug-likeness (QED) is 0.920. The van der Waals surface area contributed by atoms with E-state index >= 15 is 0 Å². The molecular weight excluding hydrogens is 307 g/mol. The van der Waals surface area contributed by atoms with Crippen LogP contribution in [0.2, 0.25) is 10.0 Å². The van der Waals surface area contributed by atoms with Crippen molar-refractivity contribution < 1.29 is 4.74 Å². The van der Waals surface area contributed by atoms with Gasteiger partial charge >= 0.3 is 0 Å². The summed E-state index contributed by atoms with van der Waals surface area (Å²) in [5.74, 6) is 0.587. The minimum atomic E-state index is 0. The molecular formula is C13H19Cl3N2O. The molecule has 0 aliphatic carbocycles. The van der Waals surface area contributed by atoms with Crippen LogP contribution in [0.1, 0.15) is 6.92 Å². The maximum atomic E-state index is 6.05. The highest BCUT2D eigenvalue weighted by molar-refractivity contribution is 6.37. The summed E-state index contributed by atoms with van der Waals surface area (Å²) in [4.78, 5) is 2.40. The maximum Gasteiger partial charge on any atom is 0.156 e. The van der Waals surface area contributed by atoms with E-state index in [1.807, 2.05) is 6.07 Å². The lowest BCUT2D eigenvalue weighted by Gasteiger charge is -2.33. The smallest absolute Gasteiger partial charge is 0.156 e. The second-order valence-corrected chi connectivity index (χ2v) is 5.30. The van der Waals surface area contributed by atoms with Crippen LogP contribution in [-0.4, -0.2) is 43.7 Å². The molecule has 3 nitrogen and oxygen atoms in total. The van der Waals surface area contributed by atoms with E-state index in [0.717, 1.165) is 26.2 Å². The van der Waals surface area contributed by atoms with Gasteiger partial charge in [0.2, 0.25) is 0 Å². The minimum absolute atomic E-state index is 0. The number of ether oxygens (including phenoxy) is 1. The maximum absolute atomic E-state index is 6.05. The van der Waals surface area contributed by atoms with Crippen LogP contribution in [0.15, 0.2) is 18.2 Å². The lowest BCUT2D eigenvalue weighted by atomic mass is 10.2. The van der Waals surface area contributed by atoms with Crippen molar-refractivity contribution in [1.82, 2.24) is 10.2 Å². The first kappa shape index (κ1) is 16.9. The Hall–Kier alpha value is -0.190. The summed E-state index contributed by atoms with van der Waals surface area (Å²) in [6, 6.07) is 5.94. The molecule has 1 atom stereocenters. The summed E-state index contributed by atoms with van der Waals surface area (Å²) in [5, 5.41) is 4.50. The molecule has 19 heavy (non-hydrogen) atoms. The third-order valence-electron chi connectivity index (χ3n) is 3.18. The number of nitrogens with one attached hydrogen (secondary N) is 1. The number of nitrogens with zero attached hydrogens (tertiary/aromatic N) is 1. The van der Waals surface area contributed by atoms with Crippen molar-refractivity contribution in [3.63, 3.8) is 0 Å². The van der Waals surface area contributed by atoms with Crippen LogP contribution in [0, 0.1) is 0 Å². The van der Waals surface area contributed by atoms with Gasteiger partial charge in [-0.1, -0.05) is 29.3 Å². The molecule has 0 saturated carbocycles. The Balaban J connectivity index is 0.00000180. The van der Waals surface area contributed by atoms with Gasteiger partial charge in [0.05, 0.1) is 10.0 Å². The molecule has 1 N–H and O–H groups in total. The minimum Gasteiger partial charge on any atom is -0.489 e. The van der Waals surface area contributed by atoms with Crippen molar-refractivity contribution >= 4 is 35.6 Å². The van der Waals surface area contributed by atoms with E-state index in [-0.39, 0.29) is 12.4 Å². The van der Waals surface area contributed by atoms with Crippen LogP contribution < -0.4 is 10.1 Å². The lowest BCUT2D eigenvalue weighted by Crippen LogP contribution is -2.50. The number of para-hydroxylation sites is 1. The van der Waals surface area contributed by atoms with E-state index in [1.165, 1.54) is 0 Å². The van der Waals surface area contributed by atoms with Gasteiger partial charge in [-0.05, 0) is 19.1 Å². The molecule has 0 aromatic heterocycles. The van der Waals surface area contributed by atoms with Crippen molar-refractivity contribution in [1.29, 1.82) is 0 Å². The molecule has 0 bridgehead atoms. The second-order valence-electron chi connectivity index (χ2n) is 4.49. The molecule has 1 aromatic rings. The predicted octanol–water partition coefficient (Wildman–Crippen LogP) is 3.09. The van der Waals surface area contributed by atoms with Gasteiger partial charge in [0.25, 0.3) is 0 Å². The molecule has 0 amide bonds. The fourth-order valence-corrected chi connectivity index (χ4v) is 2.61. The molecule has 6 heteroatoms. The highest BCUT2D eigenvalue weighted by atomic mass is 35.5. The Morgan fingerprint density at radius 2 is 2.05 bits per heavy atom. The third kappa shape index (κ3) is 4.69. The zero-order valence-corrected chi connectivity index (χ0v) is 13.2. The fraction of sp³-hybridized carbons (Fsp3) is 0.538. The standard InChI is InChI=1S/C13H18Cl2N2O.ClH/c1-10-9-16-5-6-17(10)7-8-18-13-11(14)3-2-4-12(13)15;/h2-4,10,16H,5-9H2,1H3;1H/t10-;/m1./s1. The number of hydrogen-bond donors (Lipinski definition) is 1. The van der Waals surface area contributed by atoms with E-state index in [4.69, 9.17) is 27.9 Å². The molecule has 108 valence electrons. The Morgan fingerprint density at radius 3 is 2.68 bits per heavy atom. The molecule has 0 unspecified atom stereocenters. The Morgan fingerprint density at radius 1 is 1.37 bits per heavy atom. The fourth-order valence-electron chi connectivity index (χ4n) is 2.10. The number of rotatable bonds is 4. The van der Waals surface area contributed by atoms with Gasteiger partial charge in [0.15, 0.2) is 5.75 Å². The lowest BCUT2D eigenvalue weighted by molar-refractivity contribution is 0.143. The summed E-state index contributed by atoms with van der Waals surface area (Å²) in [6.45, 7) is 6.84. The van der Waals surface area contributed by atoms with Gasteiger partial charge < -0.3 is 10.1 Å². The molecule has 1 aromatic carbocycles. The van der Waals surface area contributed by atoms with E-state index in [1.54, 1.807) is 12.1 Å². The Kier molecular flexibility index (Phi) is 7.26. The van der Waals surface area contributed by atoms with Gasteiger partial charge in [0.1, 0.15) is 6.61 Å². The second kappa shape index (κ2) is 8.18. The zero-order chi connectivity index (χ0) is 13.0. The molecule has 0 spiro atoms. The number of halogens is 3. The van der Waals surface area contributed by atoms with Crippen molar-refractivity contribution in [3.05, 3.63) is 28.2 Å². The number of piperazine rings is 1. The average Bonchev–Trinajstić information content (AvgIpc) is 2.35. The van der Waals surface area contributed by atoms with E-state index in [9.17, 15) is 0 Å². The topological polar surface area (TPSA) is 24.5 Å². The van der Waals surface area contributed by atoms with Crippen molar-refractivity contribution in [2.24, 2.45) is 0 Å². The number of benzene rings is 1. The molecule has 1 heterocycles. The molecule has 1 aliphatic rings. The summed E-state index contributed by atoms with van der Waals surface area (Å²) in [7, 11) is 0. The summed E-state index contributed by atoms with van der Waals surface area (Å²) in [5.41, 5.74) is 0. The third-order valence-corrected chi connectivity index (χ3v) is 3.78. The van der Waals surface area contributed by atoms with Gasteiger partial charge in [0, 0.05) is 32.2 Å². The van der Waals surface area contributed by atoms with Crippen molar-refractivity contribution in [2.75, 3.05) is 32.8 Å². The van der Waals surface area contributed by atoms with Gasteiger partial charge in [-0.3, -0.25) is 4.90 Å². The van der Waals surface area contributed by atoms with E-state index in [2.05, 4.69) is 17.1 Å². The first-order valence-corrected chi connectivity index (χ1v) is 6.95. The SMILES string of the molecule is C[C@@H]1CNCCN1CCOc1c(Cl)cccc1Cl.Cl. The molecule has 1 aliphatic heterocycles. The monoisotopic (exact) mass is 324 g/mol. The molecule has 2 rings (SSSR count). The molecule has 1 saturated heterocycles. The summed E-state index contributed by atoms with van der Waals surface area (Å²) < 4.78 is 5.69. The van der Waals surface area contributed by atoms with Gasteiger partial charge in [-0.25, -0.2) is 0 Å². The first-order valence-electron chi connectivity index (χ1n) is 6.20. The van der Waals surface area contributed by atoms with E-state index in [0.29, 0.717) is 28.4 Å². The highest BCUT2D eigenvalue weighted by Gasteiger charge is 2.17. The van der Waals surface area contributed by atoms with Crippen molar-refractivity contribution in [2.45, 2.75) is 13.0 Å². The normalized spacial score (nSPS) is 19.8. The molecule has 1 fully saturated rings. The van der Waals surface area contributed by atoms with E-state index < -0.39 is 0 Å². The zero-order valence-electron chi connectivity index (χ0n) is 10.9. The van der Waals surface area contributed by atoms with Gasteiger partial charge in [-0.2, -0.15) is 0 Å². The first-order chi connectivity index (χ1) is 8.68. The average molecular weight is 326 g/mol. The summed E-state index contributed by atoms with van der Waals surface area (Å²) >= 11 is 12.1. The van der Waals surface area contributed by atoms with Gasteiger partial charge in [-0.15, -0.1) is 12.4 Å². The molecule has 0 radical (unpaired) electrons. The van der Waals surface area contributed by atoms with Crippen LogP contribution in [0.4, 0.5) is 0 Å². The van der Waals surface area contributed by atoms with Crippen LogP contribution in [0.3, 0.4) is 0 Å². The number of hydrogen-bond acceptors (Lipinski definition) is 3. The van der Waals surface area contributed by atoms with Crippen molar-refractivity contribution in [3.8, 4) is 5.75 Å². The highest BCUT2D eigenvalue weighted by Crippen LogP contribution is 2.32. The van der Waals surface area contributed by atoms with Crippen LogP contribution in [-0.2, 0) is 0 Å². The van der Waals surface area contributed by atoms with Crippen LogP contribution in [0.25, 0.3) is 0 Å². The van der Waals surface area contributed by atoms with Crippen LogP contribution in [0.5, 0.6) is 5.75 Å². The predicted molar refractivity (Wildman–Crippen MR) is 83.1 cm³/mol. The Bertz CT molecular complexity index is 383. The Labute approximate surface area is 130 Å². The summed E-state index contributed by atoms with van der Waals surface area (Å²) in [6.07, 6.45) is 0. The largest absolute Gasteiger partial charge is 0.489 e.